The van der Waals surface area contributed by atoms with Crippen molar-refractivity contribution in [2.24, 2.45) is 5.73 Å². The van der Waals surface area contributed by atoms with E-state index in [1.807, 2.05) is 24.3 Å². The van der Waals surface area contributed by atoms with Gasteiger partial charge in [0.25, 0.3) is 0 Å². The van der Waals surface area contributed by atoms with Crippen LogP contribution in [0.4, 0.5) is 0 Å². The minimum absolute atomic E-state index is 0.00468. The molecular weight excluding hydrogens is 531 g/mol. The number of halogens is 3. The molecule has 0 aromatic heterocycles. The first kappa shape index (κ1) is 23.0. The van der Waals surface area contributed by atoms with Crippen LogP contribution in [0.15, 0.2) is 76.6 Å². The van der Waals surface area contributed by atoms with Crippen molar-refractivity contribution < 1.29 is 19.0 Å². The molecule has 0 saturated heterocycles. The minimum atomic E-state index is -0.639. The van der Waals surface area contributed by atoms with E-state index in [1.165, 1.54) is 6.07 Å². The molecule has 9 heteroatoms. The topological polar surface area (TPSA) is 94.6 Å². The Hall–Kier alpha value is -3.18. The number of benzene rings is 3. The highest BCUT2D eigenvalue weighted by Gasteiger charge is 2.32. The van der Waals surface area contributed by atoms with Gasteiger partial charge >= 0.3 is 5.97 Å². The van der Waals surface area contributed by atoms with Gasteiger partial charge in [-0.05, 0) is 35.9 Å². The standard InChI is InChI=1S/C24H15BrCl2N2O4/c25-18-4-2-1-3-15(18)23-16-7-6-14(10-21(16)33-24(29)17(23)11-28)32-22(30)12-31-20-8-5-13(26)9-19(20)27/h1-10,23H,12,29H2. The first-order valence-electron chi connectivity index (χ1n) is 9.62. The Labute approximate surface area is 208 Å². The van der Waals surface area contributed by atoms with Gasteiger partial charge in [-0.15, -0.1) is 0 Å². The summed E-state index contributed by atoms with van der Waals surface area (Å²) < 4.78 is 17.3. The molecule has 0 amide bonds. The highest BCUT2D eigenvalue weighted by molar-refractivity contribution is 9.10. The summed E-state index contributed by atoms with van der Waals surface area (Å²) in [7, 11) is 0. The van der Waals surface area contributed by atoms with Crippen molar-refractivity contribution in [1.82, 2.24) is 0 Å². The zero-order valence-corrected chi connectivity index (χ0v) is 19.9. The predicted molar refractivity (Wildman–Crippen MR) is 127 cm³/mol. The van der Waals surface area contributed by atoms with Gasteiger partial charge in [0.15, 0.2) is 6.61 Å². The van der Waals surface area contributed by atoms with E-state index in [-0.39, 0.29) is 23.3 Å². The summed E-state index contributed by atoms with van der Waals surface area (Å²) >= 11 is 15.4. The van der Waals surface area contributed by atoms with E-state index in [0.717, 1.165) is 15.6 Å². The molecule has 2 N–H and O–H groups in total. The van der Waals surface area contributed by atoms with Crippen LogP contribution in [0.1, 0.15) is 17.0 Å². The molecule has 0 fully saturated rings. The van der Waals surface area contributed by atoms with Gasteiger partial charge in [-0.3, -0.25) is 0 Å². The second-order valence-corrected chi connectivity index (χ2v) is 8.68. The molecule has 1 heterocycles. The van der Waals surface area contributed by atoms with E-state index < -0.39 is 11.9 Å². The van der Waals surface area contributed by atoms with Gasteiger partial charge in [-0.1, -0.05) is 63.4 Å². The van der Waals surface area contributed by atoms with Crippen molar-refractivity contribution in [2.45, 2.75) is 5.92 Å². The Bertz CT molecular complexity index is 1320. The number of hydrogen-bond acceptors (Lipinski definition) is 6. The number of allylic oxidation sites excluding steroid dienone is 1. The third-order valence-corrected chi connectivity index (χ3v) is 6.13. The number of ether oxygens (including phenoxy) is 3. The summed E-state index contributed by atoms with van der Waals surface area (Å²) in [5.74, 6) is -0.141. The second-order valence-electron chi connectivity index (χ2n) is 6.98. The molecule has 0 saturated carbocycles. The highest BCUT2D eigenvalue weighted by Crippen LogP contribution is 2.45. The number of rotatable bonds is 5. The van der Waals surface area contributed by atoms with Crippen LogP contribution in [-0.2, 0) is 4.79 Å². The number of esters is 1. The van der Waals surface area contributed by atoms with Crippen LogP contribution in [0.25, 0.3) is 0 Å². The molecule has 33 heavy (non-hydrogen) atoms. The lowest BCUT2D eigenvalue weighted by molar-refractivity contribution is -0.136. The number of hydrogen-bond donors (Lipinski definition) is 1. The molecule has 3 aromatic carbocycles. The molecular formula is C24H15BrCl2N2O4. The molecule has 4 rings (SSSR count). The number of nitrogens with two attached hydrogens (primary N) is 1. The zero-order valence-electron chi connectivity index (χ0n) is 16.8. The molecule has 0 aliphatic carbocycles. The third kappa shape index (κ3) is 4.93. The van der Waals surface area contributed by atoms with Crippen LogP contribution in [0.5, 0.6) is 17.2 Å². The van der Waals surface area contributed by atoms with Crippen LogP contribution in [0, 0.1) is 11.3 Å². The van der Waals surface area contributed by atoms with Crippen LogP contribution >= 0.6 is 39.1 Å². The predicted octanol–water partition coefficient (Wildman–Crippen LogP) is 5.96. The fourth-order valence-electron chi connectivity index (χ4n) is 3.42. The van der Waals surface area contributed by atoms with Gasteiger partial charge in [0.1, 0.15) is 28.9 Å². The zero-order chi connectivity index (χ0) is 23.5. The van der Waals surface area contributed by atoms with E-state index in [1.54, 1.807) is 30.3 Å². The smallest absolute Gasteiger partial charge is 0.349 e. The maximum Gasteiger partial charge on any atom is 0.349 e. The van der Waals surface area contributed by atoms with Gasteiger partial charge in [-0.25, -0.2) is 4.79 Å². The molecule has 1 aliphatic heterocycles. The lowest BCUT2D eigenvalue weighted by Gasteiger charge is -2.27. The largest absolute Gasteiger partial charge is 0.480 e. The van der Waals surface area contributed by atoms with E-state index >= 15 is 0 Å². The van der Waals surface area contributed by atoms with Gasteiger partial charge in [-0.2, -0.15) is 5.26 Å². The molecule has 1 unspecified atom stereocenters. The van der Waals surface area contributed by atoms with Gasteiger partial charge in [0.05, 0.1) is 10.9 Å². The Morgan fingerprint density at radius 1 is 1.12 bits per heavy atom. The summed E-state index contributed by atoms with van der Waals surface area (Å²) in [6.07, 6.45) is 0. The molecule has 0 radical (unpaired) electrons. The monoisotopic (exact) mass is 544 g/mol. The van der Waals surface area contributed by atoms with E-state index in [9.17, 15) is 10.1 Å². The quantitative estimate of drug-likeness (QED) is 0.314. The van der Waals surface area contributed by atoms with E-state index in [4.69, 9.17) is 43.1 Å². The van der Waals surface area contributed by atoms with Gasteiger partial charge < -0.3 is 19.9 Å². The number of carbonyl (C=O) groups excluding carboxylic acids is 1. The maximum atomic E-state index is 12.3. The summed E-state index contributed by atoms with van der Waals surface area (Å²) in [6, 6.07) is 19.3. The Morgan fingerprint density at radius 2 is 1.91 bits per heavy atom. The Balaban J connectivity index is 1.55. The fraction of sp³-hybridized carbons (Fsp3) is 0.0833. The van der Waals surface area contributed by atoms with Crippen LogP contribution in [0.2, 0.25) is 10.0 Å². The maximum absolute atomic E-state index is 12.3. The molecule has 166 valence electrons. The number of carbonyl (C=O) groups is 1. The van der Waals surface area contributed by atoms with Crippen molar-refractivity contribution in [2.75, 3.05) is 6.61 Å². The van der Waals surface area contributed by atoms with Gasteiger partial charge in [0.2, 0.25) is 5.88 Å². The molecule has 1 atom stereocenters. The Morgan fingerprint density at radius 3 is 2.64 bits per heavy atom. The van der Waals surface area contributed by atoms with E-state index in [0.29, 0.717) is 22.1 Å². The van der Waals surface area contributed by atoms with Crippen LogP contribution in [-0.4, -0.2) is 12.6 Å². The normalized spacial score (nSPS) is 14.7. The molecule has 0 bridgehead atoms. The van der Waals surface area contributed by atoms with Crippen molar-refractivity contribution in [1.29, 1.82) is 5.26 Å². The first-order valence-corrected chi connectivity index (χ1v) is 11.2. The molecule has 1 aliphatic rings. The van der Waals surface area contributed by atoms with Crippen molar-refractivity contribution in [3.05, 3.63) is 97.8 Å². The van der Waals surface area contributed by atoms with Crippen LogP contribution < -0.4 is 19.9 Å². The number of nitriles is 1. The molecule has 6 nitrogen and oxygen atoms in total. The fourth-order valence-corrected chi connectivity index (χ4v) is 4.39. The van der Waals surface area contributed by atoms with Crippen molar-refractivity contribution >= 4 is 45.1 Å². The summed E-state index contributed by atoms with van der Waals surface area (Å²) in [5.41, 5.74) is 7.92. The highest BCUT2D eigenvalue weighted by atomic mass is 79.9. The summed E-state index contributed by atoms with van der Waals surface area (Å²) in [4.78, 5) is 12.3. The van der Waals surface area contributed by atoms with Crippen molar-refractivity contribution in [3.63, 3.8) is 0 Å². The number of nitrogens with zero attached hydrogens (tertiary/aromatic N) is 1. The SMILES string of the molecule is N#CC1=C(N)Oc2cc(OC(=O)COc3ccc(Cl)cc3Cl)ccc2C1c1ccccc1Br. The third-order valence-electron chi connectivity index (χ3n) is 4.88. The second kappa shape index (κ2) is 9.75. The Kier molecular flexibility index (Phi) is 6.80. The van der Waals surface area contributed by atoms with Crippen molar-refractivity contribution in [3.8, 4) is 23.3 Å². The average Bonchev–Trinajstić information content (AvgIpc) is 2.78. The average molecular weight is 546 g/mol. The molecule has 0 spiro atoms. The van der Waals surface area contributed by atoms with Gasteiger partial charge in [0, 0.05) is 21.1 Å². The number of fused-ring (bicyclic) bond motifs is 1. The lowest BCUT2D eigenvalue weighted by atomic mass is 9.83. The van der Waals surface area contributed by atoms with Crippen LogP contribution in [0.3, 0.4) is 0 Å². The minimum Gasteiger partial charge on any atom is -0.480 e. The van der Waals surface area contributed by atoms with E-state index in [2.05, 4.69) is 22.0 Å². The first-order chi connectivity index (χ1) is 15.9. The summed E-state index contributed by atoms with van der Waals surface area (Å²) in [6.45, 7) is -0.362. The lowest BCUT2D eigenvalue weighted by Crippen LogP contribution is -2.22. The summed E-state index contributed by atoms with van der Waals surface area (Å²) in [5, 5.41) is 10.4. The molecule has 3 aromatic rings.